The molecule has 1 aromatic carbocycles. The molecule has 2 heterocycles. The van der Waals surface area contributed by atoms with E-state index in [1.807, 2.05) is 0 Å². The van der Waals surface area contributed by atoms with Crippen molar-refractivity contribution >= 4 is 11.6 Å². The molecule has 0 aliphatic carbocycles. The Bertz CT molecular complexity index is 591. The van der Waals surface area contributed by atoms with E-state index in [0.29, 0.717) is 5.41 Å². The molecule has 26 heavy (non-hydrogen) atoms. The van der Waals surface area contributed by atoms with Crippen molar-refractivity contribution in [2.75, 3.05) is 58.4 Å². The van der Waals surface area contributed by atoms with Gasteiger partial charge < -0.3 is 19.9 Å². The minimum absolute atomic E-state index is 0.379. The van der Waals surface area contributed by atoms with Crippen LogP contribution in [0, 0.1) is 5.41 Å². The molecule has 1 unspecified atom stereocenters. The van der Waals surface area contributed by atoms with Gasteiger partial charge >= 0.3 is 0 Å². The van der Waals surface area contributed by atoms with Gasteiger partial charge in [-0.05, 0) is 50.3 Å². The molecule has 144 valence electrons. The number of nitrogens with one attached hydrogen (secondary N) is 1. The average molecular weight is 359 g/mol. The number of ether oxygens (including phenoxy) is 1. The fraction of sp³-hybridized carbons (Fsp3) is 0.667. The highest BCUT2D eigenvalue weighted by Crippen LogP contribution is 2.38. The largest absolute Gasteiger partial charge is 0.381 e. The molecule has 1 spiro atoms. The van der Waals surface area contributed by atoms with Gasteiger partial charge in [0, 0.05) is 58.0 Å². The van der Waals surface area contributed by atoms with Crippen molar-refractivity contribution in [3.05, 3.63) is 29.8 Å². The first kappa shape index (κ1) is 19.0. The third kappa shape index (κ3) is 4.70. The minimum Gasteiger partial charge on any atom is -0.381 e. The Morgan fingerprint density at radius 3 is 2.73 bits per heavy atom. The molecule has 0 saturated carbocycles. The second-order valence-corrected chi connectivity index (χ2v) is 7.87. The standard InChI is InChI=1S/C21H34N4O/c1-4-22-20(25-14-11-21(16-25)12-15-26-17-21)23-13-5-6-18-7-9-19(10-8-18)24(2)3/h7-10H,4-6,11-17H2,1-3H3,(H,22,23). The summed E-state index contributed by atoms with van der Waals surface area (Å²) in [6.45, 7) is 7.97. The predicted molar refractivity (Wildman–Crippen MR) is 109 cm³/mol. The van der Waals surface area contributed by atoms with Crippen LogP contribution in [0.25, 0.3) is 0 Å². The van der Waals surface area contributed by atoms with Crippen molar-refractivity contribution in [3.63, 3.8) is 0 Å². The summed E-state index contributed by atoms with van der Waals surface area (Å²) < 4.78 is 5.65. The Morgan fingerprint density at radius 1 is 1.27 bits per heavy atom. The summed E-state index contributed by atoms with van der Waals surface area (Å²) in [6, 6.07) is 8.84. The number of benzene rings is 1. The molecule has 0 bridgehead atoms. The molecular weight excluding hydrogens is 324 g/mol. The van der Waals surface area contributed by atoms with Crippen LogP contribution in [0.15, 0.2) is 29.3 Å². The lowest BCUT2D eigenvalue weighted by molar-refractivity contribution is 0.156. The average Bonchev–Trinajstić information content (AvgIpc) is 3.28. The summed E-state index contributed by atoms with van der Waals surface area (Å²) >= 11 is 0. The Labute approximate surface area is 158 Å². The quantitative estimate of drug-likeness (QED) is 0.482. The van der Waals surface area contributed by atoms with Crippen LogP contribution in [-0.4, -0.2) is 64.3 Å². The Kier molecular flexibility index (Phi) is 6.41. The highest BCUT2D eigenvalue weighted by Gasteiger charge is 2.42. The summed E-state index contributed by atoms with van der Waals surface area (Å²) in [4.78, 5) is 9.46. The fourth-order valence-electron chi connectivity index (χ4n) is 3.94. The van der Waals surface area contributed by atoms with Crippen molar-refractivity contribution in [2.45, 2.75) is 32.6 Å². The van der Waals surface area contributed by atoms with E-state index in [2.05, 4.69) is 60.4 Å². The van der Waals surface area contributed by atoms with Crippen LogP contribution in [0.5, 0.6) is 0 Å². The third-order valence-corrected chi connectivity index (χ3v) is 5.60. The first-order valence-electron chi connectivity index (χ1n) is 9.99. The molecule has 1 atom stereocenters. The van der Waals surface area contributed by atoms with E-state index in [9.17, 15) is 0 Å². The van der Waals surface area contributed by atoms with Crippen LogP contribution < -0.4 is 10.2 Å². The first-order valence-corrected chi connectivity index (χ1v) is 9.99. The molecule has 0 radical (unpaired) electrons. The summed E-state index contributed by atoms with van der Waals surface area (Å²) in [6.07, 6.45) is 4.59. The van der Waals surface area contributed by atoms with Gasteiger partial charge in [0.1, 0.15) is 0 Å². The highest BCUT2D eigenvalue weighted by molar-refractivity contribution is 5.80. The summed E-state index contributed by atoms with van der Waals surface area (Å²) in [5.74, 6) is 1.08. The number of hydrogen-bond donors (Lipinski definition) is 1. The molecule has 0 aromatic heterocycles. The van der Waals surface area contributed by atoms with E-state index < -0.39 is 0 Å². The van der Waals surface area contributed by atoms with Crippen molar-refractivity contribution in [2.24, 2.45) is 10.4 Å². The molecule has 5 heteroatoms. The van der Waals surface area contributed by atoms with Crippen LogP contribution in [0.3, 0.4) is 0 Å². The van der Waals surface area contributed by atoms with Gasteiger partial charge in [-0.25, -0.2) is 0 Å². The van der Waals surface area contributed by atoms with E-state index in [4.69, 9.17) is 9.73 Å². The number of aryl methyl sites for hydroxylation is 1. The van der Waals surface area contributed by atoms with Crippen LogP contribution in [0.1, 0.15) is 31.7 Å². The van der Waals surface area contributed by atoms with Gasteiger partial charge in [-0.3, -0.25) is 4.99 Å². The van der Waals surface area contributed by atoms with Crippen molar-refractivity contribution in [3.8, 4) is 0 Å². The lowest BCUT2D eigenvalue weighted by Crippen LogP contribution is -2.41. The molecule has 0 amide bonds. The van der Waals surface area contributed by atoms with E-state index in [-0.39, 0.29) is 0 Å². The van der Waals surface area contributed by atoms with Gasteiger partial charge in [-0.2, -0.15) is 0 Å². The lowest BCUT2D eigenvalue weighted by Gasteiger charge is -2.25. The normalized spacial score (nSPS) is 23.0. The second kappa shape index (κ2) is 8.76. The molecule has 2 aliphatic rings. The smallest absolute Gasteiger partial charge is 0.193 e. The summed E-state index contributed by atoms with van der Waals surface area (Å²) in [5.41, 5.74) is 3.02. The highest BCUT2D eigenvalue weighted by atomic mass is 16.5. The van der Waals surface area contributed by atoms with Gasteiger partial charge in [-0.1, -0.05) is 12.1 Å². The predicted octanol–water partition coefficient (Wildman–Crippen LogP) is 2.76. The Morgan fingerprint density at radius 2 is 2.08 bits per heavy atom. The van der Waals surface area contributed by atoms with Crippen LogP contribution in [0.2, 0.25) is 0 Å². The SMILES string of the molecule is CCNC(=NCCCc1ccc(N(C)C)cc1)N1CCC2(CCOC2)C1. The topological polar surface area (TPSA) is 40.1 Å². The molecule has 3 rings (SSSR count). The van der Waals surface area contributed by atoms with E-state index in [1.54, 1.807) is 0 Å². The van der Waals surface area contributed by atoms with Crippen molar-refractivity contribution in [1.82, 2.24) is 10.2 Å². The molecule has 2 fully saturated rings. The first-order chi connectivity index (χ1) is 12.6. The van der Waals surface area contributed by atoms with Gasteiger partial charge in [-0.15, -0.1) is 0 Å². The van der Waals surface area contributed by atoms with E-state index in [1.165, 1.54) is 24.1 Å². The number of rotatable bonds is 6. The maximum absolute atomic E-state index is 5.65. The van der Waals surface area contributed by atoms with Crippen LogP contribution in [-0.2, 0) is 11.2 Å². The number of nitrogens with zero attached hydrogens (tertiary/aromatic N) is 3. The lowest BCUT2D eigenvalue weighted by atomic mass is 9.87. The molecule has 2 saturated heterocycles. The number of aliphatic imine (C=N–C) groups is 1. The second-order valence-electron chi connectivity index (χ2n) is 7.87. The van der Waals surface area contributed by atoms with Crippen LogP contribution >= 0.6 is 0 Å². The molecule has 1 N–H and O–H groups in total. The monoisotopic (exact) mass is 358 g/mol. The third-order valence-electron chi connectivity index (χ3n) is 5.60. The number of guanidine groups is 1. The minimum atomic E-state index is 0.379. The number of hydrogen-bond acceptors (Lipinski definition) is 3. The van der Waals surface area contributed by atoms with Crippen molar-refractivity contribution < 1.29 is 4.74 Å². The van der Waals surface area contributed by atoms with Gasteiger partial charge in [0.25, 0.3) is 0 Å². The Hall–Kier alpha value is -1.75. The van der Waals surface area contributed by atoms with Gasteiger partial charge in [0.15, 0.2) is 5.96 Å². The molecular formula is C21H34N4O. The molecule has 1 aromatic rings. The summed E-state index contributed by atoms with van der Waals surface area (Å²) in [7, 11) is 4.15. The summed E-state index contributed by atoms with van der Waals surface area (Å²) in [5, 5.41) is 3.48. The number of likely N-dealkylation sites (tertiary alicyclic amines) is 1. The molecule has 5 nitrogen and oxygen atoms in total. The van der Waals surface area contributed by atoms with Gasteiger partial charge in [0.2, 0.25) is 0 Å². The van der Waals surface area contributed by atoms with Gasteiger partial charge in [0.05, 0.1) is 6.61 Å². The van der Waals surface area contributed by atoms with Crippen molar-refractivity contribution in [1.29, 1.82) is 0 Å². The number of anilines is 1. The van der Waals surface area contributed by atoms with Crippen LogP contribution in [0.4, 0.5) is 5.69 Å². The molecule has 2 aliphatic heterocycles. The maximum Gasteiger partial charge on any atom is 0.193 e. The van der Waals surface area contributed by atoms with E-state index in [0.717, 1.165) is 58.2 Å². The maximum atomic E-state index is 5.65. The Balaban J connectivity index is 1.50. The fourth-order valence-corrected chi connectivity index (χ4v) is 3.94. The van der Waals surface area contributed by atoms with E-state index >= 15 is 0 Å². The zero-order valence-electron chi connectivity index (χ0n) is 16.6. The zero-order valence-corrected chi connectivity index (χ0v) is 16.6. The zero-order chi connectivity index (χ0) is 18.4.